The van der Waals surface area contributed by atoms with Crippen LogP contribution in [-0.2, 0) is 14.3 Å². The van der Waals surface area contributed by atoms with Crippen LogP contribution < -0.4 is 5.32 Å². The summed E-state index contributed by atoms with van der Waals surface area (Å²) in [5.74, 6) is -1.57. The summed E-state index contributed by atoms with van der Waals surface area (Å²) in [6.07, 6.45) is 0.0527. The van der Waals surface area contributed by atoms with E-state index in [4.69, 9.17) is 5.11 Å². The van der Waals surface area contributed by atoms with E-state index in [0.29, 0.717) is 4.88 Å². The van der Waals surface area contributed by atoms with Crippen molar-refractivity contribution in [1.82, 2.24) is 10.2 Å². The lowest BCUT2D eigenvalue weighted by atomic mass is 10.2. The van der Waals surface area contributed by atoms with Crippen LogP contribution in [-0.4, -0.2) is 48.7 Å². The molecule has 1 rings (SSSR count). The van der Waals surface area contributed by atoms with Gasteiger partial charge in [-0.15, -0.1) is 11.3 Å². The maximum absolute atomic E-state index is 11.9. The summed E-state index contributed by atoms with van der Waals surface area (Å²) < 4.78 is 4.47. The van der Waals surface area contributed by atoms with Gasteiger partial charge >= 0.3 is 18.0 Å². The van der Waals surface area contributed by atoms with Gasteiger partial charge in [-0.05, 0) is 11.4 Å². The molecule has 0 fully saturated rings. The molecule has 2 N–H and O–H groups in total. The normalized spacial score (nSPS) is 11.5. The molecule has 0 aromatic carbocycles. The fourth-order valence-corrected chi connectivity index (χ4v) is 2.17. The average Bonchev–Trinajstić information content (AvgIpc) is 2.94. The Labute approximate surface area is 120 Å². The van der Waals surface area contributed by atoms with Crippen LogP contribution in [0.15, 0.2) is 17.5 Å². The number of thiophene rings is 1. The van der Waals surface area contributed by atoms with Crippen molar-refractivity contribution in [2.75, 3.05) is 20.7 Å². The van der Waals surface area contributed by atoms with Gasteiger partial charge in [0.25, 0.3) is 0 Å². The Morgan fingerprint density at radius 2 is 2.20 bits per heavy atom. The van der Waals surface area contributed by atoms with E-state index in [-0.39, 0.29) is 13.0 Å². The van der Waals surface area contributed by atoms with Crippen molar-refractivity contribution < 1.29 is 24.2 Å². The first-order valence-corrected chi connectivity index (χ1v) is 6.68. The number of amides is 2. The van der Waals surface area contributed by atoms with Gasteiger partial charge in [-0.1, -0.05) is 6.07 Å². The minimum absolute atomic E-state index is 0.0527. The Balaban J connectivity index is 2.58. The van der Waals surface area contributed by atoms with Gasteiger partial charge in [-0.25, -0.2) is 9.59 Å². The van der Waals surface area contributed by atoms with E-state index in [9.17, 15) is 14.4 Å². The lowest BCUT2D eigenvalue weighted by Gasteiger charge is -2.20. The number of ether oxygens (including phenoxy) is 1. The van der Waals surface area contributed by atoms with Crippen LogP contribution in [0, 0.1) is 0 Å². The topological polar surface area (TPSA) is 95.9 Å². The van der Waals surface area contributed by atoms with Crippen LogP contribution >= 0.6 is 11.3 Å². The second-order valence-electron chi connectivity index (χ2n) is 3.98. The Kier molecular flexibility index (Phi) is 5.98. The third-order valence-electron chi connectivity index (χ3n) is 2.57. The predicted molar refractivity (Wildman–Crippen MR) is 72.5 cm³/mol. The fourth-order valence-electron chi connectivity index (χ4n) is 1.41. The molecule has 0 radical (unpaired) electrons. The van der Waals surface area contributed by atoms with Crippen LogP contribution in [0.1, 0.15) is 17.3 Å². The van der Waals surface area contributed by atoms with E-state index >= 15 is 0 Å². The molecule has 0 saturated carbocycles. The monoisotopic (exact) mass is 300 g/mol. The van der Waals surface area contributed by atoms with E-state index in [2.05, 4.69) is 10.1 Å². The Bertz CT molecular complexity index is 474. The molecule has 0 bridgehead atoms. The number of aliphatic carboxylic acids is 1. The minimum Gasteiger partial charge on any atom is -0.479 e. The van der Waals surface area contributed by atoms with Crippen molar-refractivity contribution in [3.63, 3.8) is 0 Å². The molecule has 0 aliphatic carbocycles. The molecule has 20 heavy (non-hydrogen) atoms. The van der Waals surface area contributed by atoms with Gasteiger partial charge in [0.1, 0.15) is 0 Å². The predicted octanol–water partition coefficient (Wildman–Crippen LogP) is 1.08. The standard InChI is InChI=1S/C12H16N2O5S/c1-14(6-5-9(15)19-2)12(18)13-10(11(16)17)8-4-3-7-20-8/h3-4,7,10H,5-6H2,1-2H3,(H,13,18)(H,16,17). The van der Waals surface area contributed by atoms with Gasteiger partial charge in [0.05, 0.1) is 13.5 Å². The number of carbonyl (C=O) groups excluding carboxylic acids is 2. The van der Waals surface area contributed by atoms with E-state index < -0.39 is 24.0 Å². The number of carboxylic acids is 1. The third kappa shape index (κ3) is 4.54. The molecular formula is C12H16N2O5S. The number of hydrogen-bond acceptors (Lipinski definition) is 5. The molecule has 0 saturated heterocycles. The van der Waals surface area contributed by atoms with Crippen LogP contribution in [0.25, 0.3) is 0 Å². The van der Waals surface area contributed by atoms with Crippen molar-refractivity contribution >= 4 is 29.3 Å². The molecule has 1 aromatic rings. The highest BCUT2D eigenvalue weighted by Crippen LogP contribution is 2.19. The van der Waals surface area contributed by atoms with Gasteiger partial charge in [0.15, 0.2) is 6.04 Å². The second-order valence-corrected chi connectivity index (χ2v) is 4.96. The highest BCUT2D eigenvalue weighted by Gasteiger charge is 2.24. The molecule has 1 unspecified atom stereocenters. The summed E-state index contributed by atoms with van der Waals surface area (Å²) in [5, 5.41) is 13.3. The van der Waals surface area contributed by atoms with Crippen LogP contribution in [0.5, 0.6) is 0 Å². The summed E-state index contributed by atoms with van der Waals surface area (Å²) in [6, 6.07) is 1.69. The Hall–Kier alpha value is -2.09. The molecule has 0 spiro atoms. The maximum Gasteiger partial charge on any atom is 0.331 e. The average molecular weight is 300 g/mol. The van der Waals surface area contributed by atoms with Crippen LogP contribution in [0.2, 0.25) is 0 Å². The number of rotatable bonds is 6. The van der Waals surface area contributed by atoms with Gasteiger partial charge in [-0.3, -0.25) is 4.79 Å². The highest BCUT2D eigenvalue weighted by molar-refractivity contribution is 7.10. The third-order valence-corrected chi connectivity index (χ3v) is 3.51. The zero-order valence-electron chi connectivity index (χ0n) is 11.2. The van der Waals surface area contributed by atoms with Gasteiger partial charge < -0.3 is 20.1 Å². The first kappa shape index (κ1) is 16.0. The van der Waals surface area contributed by atoms with Gasteiger partial charge in [0.2, 0.25) is 0 Å². The van der Waals surface area contributed by atoms with Crippen molar-refractivity contribution in [1.29, 1.82) is 0 Å². The molecular weight excluding hydrogens is 284 g/mol. The summed E-state index contributed by atoms with van der Waals surface area (Å²) in [4.78, 5) is 35.8. The number of methoxy groups -OCH3 is 1. The lowest BCUT2D eigenvalue weighted by Crippen LogP contribution is -2.42. The summed E-state index contributed by atoms with van der Waals surface area (Å²) in [6.45, 7) is 0.148. The Morgan fingerprint density at radius 3 is 2.70 bits per heavy atom. The van der Waals surface area contributed by atoms with Gasteiger partial charge in [0, 0.05) is 18.5 Å². The smallest absolute Gasteiger partial charge is 0.331 e. The van der Waals surface area contributed by atoms with E-state index in [1.54, 1.807) is 17.5 Å². The summed E-state index contributed by atoms with van der Waals surface area (Å²) >= 11 is 1.25. The number of hydrogen-bond donors (Lipinski definition) is 2. The number of esters is 1. The quantitative estimate of drug-likeness (QED) is 0.766. The molecule has 1 heterocycles. The molecule has 1 atom stereocenters. The number of carboxylic acid groups (broad SMARTS) is 1. The minimum atomic E-state index is -1.14. The van der Waals surface area contributed by atoms with Crippen molar-refractivity contribution in [3.8, 4) is 0 Å². The molecule has 0 aliphatic rings. The largest absolute Gasteiger partial charge is 0.479 e. The number of nitrogens with one attached hydrogen (secondary N) is 1. The van der Waals surface area contributed by atoms with Crippen molar-refractivity contribution in [2.45, 2.75) is 12.5 Å². The maximum atomic E-state index is 11.9. The molecule has 0 aliphatic heterocycles. The molecule has 1 aromatic heterocycles. The molecule has 110 valence electrons. The number of carbonyl (C=O) groups is 3. The SMILES string of the molecule is COC(=O)CCN(C)C(=O)NC(C(=O)O)c1cccs1. The van der Waals surface area contributed by atoms with E-state index in [0.717, 1.165) is 0 Å². The fraction of sp³-hybridized carbons (Fsp3) is 0.417. The van der Waals surface area contributed by atoms with Crippen LogP contribution in [0.3, 0.4) is 0 Å². The number of urea groups is 1. The van der Waals surface area contributed by atoms with Crippen molar-refractivity contribution in [3.05, 3.63) is 22.4 Å². The molecule has 7 nitrogen and oxygen atoms in total. The van der Waals surface area contributed by atoms with Crippen LogP contribution in [0.4, 0.5) is 4.79 Å². The lowest BCUT2D eigenvalue weighted by molar-refractivity contribution is -0.141. The van der Waals surface area contributed by atoms with Crippen molar-refractivity contribution in [2.24, 2.45) is 0 Å². The summed E-state index contributed by atoms with van der Waals surface area (Å²) in [5.41, 5.74) is 0. The van der Waals surface area contributed by atoms with Gasteiger partial charge in [-0.2, -0.15) is 0 Å². The second kappa shape index (κ2) is 7.49. The molecule has 8 heteroatoms. The van der Waals surface area contributed by atoms with E-state index in [1.807, 2.05) is 0 Å². The first-order chi connectivity index (χ1) is 9.45. The highest BCUT2D eigenvalue weighted by atomic mass is 32.1. The Morgan fingerprint density at radius 1 is 1.50 bits per heavy atom. The zero-order chi connectivity index (χ0) is 15.1. The summed E-state index contributed by atoms with van der Waals surface area (Å²) in [7, 11) is 2.74. The molecule has 2 amide bonds. The zero-order valence-corrected chi connectivity index (χ0v) is 12.0. The number of nitrogens with zero attached hydrogens (tertiary/aromatic N) is 1. The first-order valence-electron chi connectivity index (χ1n) is 5.80. The van der Waals surface area contributed by atoms with E-state index in [1.165, 1.54) is 30.4 Å².